The standard InChI is InChI=1S/C22H20N6/c1-12-4-2-3-5-15(12)13-6-8-16(21(25)26)17(10-13)22-27-18-9-7-14(20(23)24)11-19(18)28-22/h2-11H,1H3,(H3,23,24)(H3,25,26)(H,27,28). The van der Waals surface area contributed by atoms with E-state index in [1.807, 2.05) is 36.4 Å². The Morgan fingerprint density at radius 1 is 0.893 bits per heavy atom. The van der Waals surface area contributed by atoms with E-state index in [0.717, 1.165) is 27.7 Å². The summed E-state index contributed by atoms with van der Waals surface area (Å²) in [6.45, 7) is 2.07. The number of rotatable bonds is 4. The number of fused-ring (bicyclic) bond motifs is 1. The van der Waals surface area contributed by atoms with E-state index in [-0.39, 0.29) is 11.7 Å². The SMILES string of the molecule is Cc1ccccc1-c1ccc(C(=N)N)c(-c2nc3ccc(C(=N)N)cc3[nH]2)c1. The Labute approximate surface area is 162 Å². The third-order valence-corrected chi connectivity index (χ3v) is 4.81. The first-order valence-electron chi connectivity index (χ1n) is 8.83. The van der Waals surface area contributed by atoms with Gasteiger partial charge in [-0.25, -0.2) is 4.98 Å². The number of aryl methyl sites for hydroxylation is 1. The summed E-state index contributed by atoms with van der Waals surface area (Å²) >= 11 is 0. The van der Waals surface area contributed by atoms with E-state index in [4.69, 9.17) is 22.3 Å². The topological polar surface area (TPSA) is 128 Å². The maximum absolute atomic E-state index is 7.96. The van der Waals surface area contributed by atoms with Crippen LogP contribution in [-0.2, 0) is 0 Å². The van der Waals surface area contributed by atoms with E-state index >= 15 is 0 Å². The molecule has 0 atom stereocenters. The van der Waals surface area contributed by atoms with Crippen molar-refractivity contribution in [2.75, 3.05) is 0 Å². The van der Waals surface area contributed by atoms with Gasteiger partial charge in [0.05, 0.1) is 11.0 Å². The molecule has 28 heavy (non-hydrogen) atoms. The van der Waals surface area contributed by atoms with Crippen molar-refractivity contribution in [1.82, 2.24) is 9.97 Å². The molecule has 0 aliphatic rings. The molecule has 1 aromatic heterocycles. The minimum atomic E-state index is -0.0174. The monoisotopic (exact) mass is 368 g/mol. The van der Waals surface area contributed by atoms with Gasteiger partial charge >= 0.3 is 0 Å². The van der Waals surface area contributed by atoms with Crippen LogP contribution in [0.25, 0.3) is 33.5 Å². The number of aromatic amines is 1. The van der Waals surface area contributed by atoms with Crippen LogP contribution in [0.15, 0.2) is 60.7 Å². The van der Waals surface area contributed by atoms with E-state index in [9.17, 15) is 0 Å². The average molecular weight is 368 g/mol. The zero-order valence-corrected chi connectivity index (χ0v) is 15.4. The molecule has 0 amide bonds. The molecule has 138 valence electrons. The molecule has 1 heterocycles. The summed E-state index contributed by atoms with van der Waals surface area (Å²) in [7, 11) is 0. The van der Waals surface area contributed by atoms with E-state index in [1.54, 1.807) is 12.1 Å². The van der Waals surface area contributed by atoms with Crippen LogP contribution in [0.4, 0.5) is 0 Å². The molecule has 3 aromatic carbocycles. The van der Waals surface area contributed by atoms with Crippen LogP contribution in [0, 0.1) is 17.7 Å². The predicted octanol–water partition coefficient (Wildman–Crippen LogP) is 3.77. The molecule has 0 unspecified atom stereocenters. The lowest BCUT2D eigenvalue weighted by Gasteiger charge is -2.11. The zero-order valence-electron chi connectivity index (χ0n) is 15.4. The number of benzene rings is 3. The molecule has 6 heteroatoms. The number of nitrogens with two attached hydrogens (primary N) is 2. The number of imidazole rings is 1. The van der Waals surface area contributed by atoms with Gasteiger partial charge in [0.25, 0.3) is 0 Å². The quantitative estimate of drug-likeness (QED) is 0.278. The fourth-order valence-electron chi connectivity index (χ4n) is 3.34. The van der Waals surface area contributed by atoms with Crippen molar-refractivity contribution in [3.05, 3.63) is 77.4 Å². The second-order valence-corrected chi connectivity index (χ2v) is 6.72. The fraction of sp³-hybridized carbons (Fsp3) is 0.0455. The molecule has 4 aromatic rings. The minimum Gasteiger partial charge on any atom is -0.384 e. The van der Waals surface area contributed by atoms with E-state index in [2.05, 4.69) is 29.0 Å². The fourth-order valence-corrected chi connectivity index (χ4v) is 3.34. The van der Waals surface area contributed by atoms with Gasteiger partial charge in [-0.05, 0) is 53.9 Å². The number of hydrogen-bond acceptors (Lipinski definition) is 3. The van der Waals surface area contributed by atoms with Crippen molar-refractivity contribution < 1.29 is 0 Å². The van der Waals surface area contributed by atoms with Crippen LogP contribution in [0.5, 0.6) is 0 Å². The summed E-state index contributed by atoms with van der Waals surface area (Å²) in [5.41, 5.74) is 18.3. The Balaban J connectivity index is 1.91. The Morgan fingerprint density at radius 2 is 1.68 bits per heavy atom. The highest BCUT2D eigenvalue weighted by Gasteiger charge is 2.15. The summed E-state index contributed by atoms with van der Waals surface area (Å²) in [6, 6.07) is 19.4. The molecule has 0 saturated heterocycles. The molecule has 0 radical (unpaired) electrons. The zero-order chi connectivity index (χ0) is 19.8. The van der Waals surface area contributed by atoms with E-state index in [0.29, 0.717) is 17.0 Å². The first-order valence-corrected chi connectivity index (χ1v) is 8.83. The Hall–Kier alpha value is -3.93. The maximum Gasteiger partial charge on any atom is 0.139 e. The van der Waals surface area contributed by atoms with Gasteiger partial charge in [0, 0.05) is 16.7 Å². The van der Waals surface area contributed by atoms with Crippen LogP contribution < -0.4 is 11.5 Å². The molecule has 0 bridgehead atoms. The highest BCUT2D eigenvalue weighted by molar-refractivity contribution is 6.03. The number of nitrogen functional groups attached to an aromatic ring is 2. The number of amidine groups is 2. The minimum absolute atomic E-state index is 0.00373. The Kier molecular flexibility index (Phi) is 4.16. The van der Waals surface area contributed by atoms with Gasteiger partial charge in [0.2, 0.25) is 0 Å². The second kappa shape index (κ2) is 6.66. The Bertz CT molecular complexity index is 1230. The Morgan fingerprint density at radius 3 is 2.39 bits per heavy atom. The van der Waals surface area contributed by atoms with Crippen molar-refractivity contribution in [2.24, 2.45) is 11.5 Å². The van der Waals surface area contributed by atoms with Crippen molar-refractivity contribution in [3.63, 3.8) is 0 Å². The highest BCUT2D eigenvalue weighted by Crippen LogP contribution is 2.31. The summed E-state index contributed by atoms with van der Waals surface area (Å²) in [5, 5.41) is 15.6. The summed E-state index contributed by atoms with van der Waals surface area (Å²) in [4.78, 5) is 7.94. The highest BCUT2D eigenvalue weighted by atomic mass is 14.9. The number of hydrogen-bond donors (Lipinski definition) is 5. The molecule has 7 N–H and O–H groups in total. The number of H-pyrrole nitrogens is 1. The van der Waals surface area contributed by atoms with Crippen LogP contribution >= 0.6 is 0 Å². The first-order chi connectivity index (χ1) is 13.4. The molecule has 0 spiro atoms. The molecule has 4 rings (SSSR count). The maximum atomic E-state index is 7.96. The molecule has 0 fully saturated rings. The van der Waals surface area contributed by atoms with E-state index in [1.165, 1.54) is 5.56 Å². The van der Waals surface area contributed by atoms with Gasteiger partial charge < -0.3 is 16.5 Å². The molecule has 0 saturated carbocycles. The number of aromatic nitrogens is 2. The normalized spacial score (nSPS) is 10.9. The van der Waals surface area contributed by atoms with Crippen molar-refractivity contribution in [1.29, 1.82) is 10.8 Å². The van der Waals surface area contributed by atoms with Crippen LogP contribution in [0.1, 0.15) is 16.7 Å². The van der Waals surface area contributed by atoms with Crippen molar-refractivity contribution >= 4 is 22.7 Å². The lowest BCUT2D eigenvalue weighted by atomic mass is 9.95. The molecule has 0 aliphatic heterocycles. The van der Waals surface area contributed by atoms with Crippen LogP contribution in [0.2, 0.25) is 0 Å². The van der Waals surface area contributed by atoms with Gasteiger partial charge in [0.15, 0.2) is 0 Å². The number of nitrogens with zero attached hydrogens (tertiary/aromatic N) is 1. The summed E-state index contributed by atoms with van der Waals surface area (Å²) in [5.74, 6) is 0.608. The van der Waals surface area contributed by atoms with Gasteiger partial charge in [-0.15, -0.1) is 0 Å². The molecular weight excluding hydrogens is 348 g/mol. The third-order valence-electron chi connectivity index (χ3n) is 4.81. The second-order valence-electron chi connectivity index (χ2n) is 6.72. The third kappa shape index (κ3) is 3.01. The number of nitrogens with one attached hydrogen (secondary N) is 3. The van der Waals surface area contributed by atoms with Gasteiger partial charge in [-0.1, -0.05) is 30.3 Å². The first kappa shape index (κ1) is 17.5. The molecule has 6 nitrogen and oxygen atoms in total. The van der Waals surface area contributed by atoms with Gasteiger partial charge in [-0.2, -0.15) is 0 Å². The van der Waals surface area contributed by atoms with Crippen molar-refractivity contribution in [2.45, 2.75) is 6.92 Å². The summed E-state index contributed by atoms with van der Waals surface area (Å²) < 4.78 is 0. The molecular formula is C22H20N6. The predicted molar refractivity (Wildman–Crippen MR) is 114 cm³/mol. The van der Waals surface area contributed by atoms with Gasteiger partial charge in [0.1, 0.15) is 17.5 Å². The van der Waals surface area contributed by atoms with Crippen LogP contribution in [0.3, 0.4) is 0 Å². The largest absolute Gasteiger partial charge is 0.384 e. The van der Waals surface area contributed by atoms with Crippen LogP contribution in [-0.4, -0.2) is 21.6 Å². The molecule has 0 aliphatic carbocycles. The lowest BCUT2D eigenvalue weighted by Crippen LogP contribution is -2.12. The van der Waals surface area contributed by atoms with Crippen molar-refractivity contribution in [3.8, 4) is 22.5 Å². The van der Waals surface area contributed by atoms with Gasteiger partial charge in [-0.3, -0.25) is 10.8 Å². The lowest BCUT2D eigenvalue weighted by molar-refractivity contribution is 1.32. The van der Waals surface area contributed by atoms with E-state index < -0.39 is 0 Å². The smallest absolute Gasteiger partial charge is 0.139 e. The summed E-state index contributed by atoms with van der Waals surface area (Å²) in [6.07, 6.45) is 0. The average Bonchev–Trinajstić information content (AvgIpc) is 3.11.